The fraction of sp³-hybridized carbons (Fsp3) is 0.742. The van der Waals surface area contributed by atoms with Crippen LogP contribution in [0.2, 0.25) is 0 Å². The lowest BCUT2D eigenvalue weighted by molar-refractivity contribution is -0.282. The molecule has 17 rings (SSSR count). The summed E-state index contributed by atoms with van der Waals surface area (Å²) in [6.07, 6.45) is 31.5. The largest absolute Gasteiger partial charge is 0.508 e. The van der Waals surface area contributed by atoms with E-state index in [4.69, 9.17) is 15.2 Å². The van der Waals surface area contributed by atoms with E-state index in [2.05, 4.69) is 47.1 Å². The molecule has 0 radical (unpaired) electrons. The first-order valence-electron chi connectivity index (χ1n) is 29.7. The maximum atomic E-state index is 16.7. The first kappa shape index (κ1) is 43.1. The number of carbonyl (C=O) groups excluding carboxylic acids is 2. The van der Waals surface area contributed by atoms with Crippen LogP contribution < -0.4 is 5.73 Å². The monoisotopic (exact) mass is 946 g/mol. The van der Waals surface area contributed by atoms with E-state index in [9.17, 15) is 5.11 Å². The molecule has 5 saturated heterocycles. The number of hydrogen-bond donors (Lipinski definition) is 2. The number of ether oxygens (including phenoxy) is 2. The lowest BCUT2D eigenvalue weighted by Crippen LogP contribution is -2.78. The number of esters is 2. The zero-order chi connectivity index (χ0) is 46.6. The lowest BCUT2D eigenvalue weighted by Gasteiger charge is -2.73. The Kier molecular flexibility index (Phi) is 9.31. The van der Waals surface area contributed by atoms with E-state index in [1.165, 1.54) is 115 Å². The highest BCUT2D eigenvalue weighted by Gasteiger charge is 2.94. The molecule has 9 bridgehead atoms. The van der Waals surface area contributed by atoms with Gasteiger partial charge in [0.2, 0.25) is 0 Å². The molecule has 1 aromatic rings. The lowest BCUT2D eigenvalue weighted by atomic mass is 9.27. The van der Waals surface area contributed by atoms with Gasteiger partial charge in [0.1, 0.15) is 11.2 Å². The predicted molar refractivity (Wildman–Crippen MR) is 267 cm³/mol. The number of nitrogens with two attached hydrogens (primary N) is 1. The Morgan fingerprint density at radius 2 is 1.64 bits per heavy atom. The minimum atomic E-state index is -1.13. The van der Waals surface area contributed by atoms with Crippen molar-refractivity contribution in [3.63, 3.8) is 0 Å². The Labute approximate surface area is 416 Å². The third-order valence-electron chi connectivity index (χ3n) is 24.8. The minimum absolute atomic E-state index is 0.110. The molecule has 372 valence electrons. The summed E-state index contributed by atoms with van der Waals surface area (Å²) in [6.45, 7) is 5.46. The predicted octanol–water partition coefficient (Wildman–Crippen LogP) is 11.5. The average molecular weight is 946 g/mol. The van der Waals surface area contributed by atoms with Crippen LogP contribution >= 0.6 is 0 Å². The summed E-state index contributed by atoms with van der Waals surface area (Å²) in [7, 11) is 0. The molecule has 8 nitrogen and oxygen atoms in total. The third kappa shape index (κ3) is 5.10. The number of rotatable bonds is 5. The van der Waals surface area contributed by atoms with Crippen LogP contribution in [0, 0.1) is 87.8 Å². The average Bonchev–Trinajstić information content (AvgIpc) is 3.67. The Morgan fingerprint density at radius 1 is 0.814 bits per heavy atom. The van der Waals surface area contributed by atoms with Gasteiger partial charge in [-0.05, 0) is 173 Å². The first-order valence-corrected chi connectivity index (χ1v) is 29.7. The fourth-order valence-corrected chi connectivity index (χ4v) is 22.7. The van der Waals surface area contributed by atoms with Crippen molar-refractivity contribution in [2.75, 3.05) is 19.6 Å². The summed E-state index contributed by atoms with van der Waals surface area (Å²) in [5.41, 5.74) is 12.1. The van der Waals surface area contributed by atoms with Crippen molar-refractivity contribution in [3.8, 4) is 0 Å². The summed E-state index contributed by atoms with van der Waals surface area (Å²) >= 11 is 0. The van der Waals surface area contributed by atoms with Crippen LogP contribution in [0.3, 0.4) is 0 Å². The molecular formula is C62H79N3O5. The van der Waals surface area contributed by atoms with Crippen molar-refractivity contribution >= 4 is 11.9 Å². The van der Waals surface area contributed by atoms with E-state index in [0.29, 0.717) is 102 Å². The molecule has 3 spiro atoms. The van der Waals surface area contributed by atoms with E-state index < -0.39 is 16.4 Å². The summed E-state index contributed by atoms with van der Waals surface area (Å²) in [5, 5.41) is 14.2. The smallest absolute Gasteiger partial charge is 0.339 e. The van der Waals surface area contributed by atoms with Crippen LogP contribution in [-0.2, 0) is 26.3 Å². The highest BCUT2D eigenvalue weighted by Crippen LogP contribution is 2.88. The van der Waals surface area contributed by atoms with Crippen molar-refractivity contribution in [1.29, 1.82) is 0 Å². The van der Waals surface area contributed by atoms with Gasteiger partial charge < -0.3 is 25.2 Å². The number of allylic oxidation sites excluding steroid dienone is 4. The van der Waals surface area contributed by atoms with Crippen molar-refractivity contribution in [1.82, 2.24) is 9.80 Å². The molecule has 0 aromatic heterocycles. The zero-order valence-corrected chi connectivity index (χ0v) is 42.1. The van der Waals surface area contributed by atoms with Crippen molar-refractivity contribution in [2.24, 2.45) is 93.5 Å². The number of nitrogens with zero attached hydrogens (tertiary/aromatic N) is 2. The summed E-state index contributed by atoms with van der Waals surface area (Å²) in [6, 6.07) is 7.82. The van der Waals surface area contributed by atoms with Crippen LogP contribution in [0.4, 0.5) is 0 Å². The molecule has 3 N–H and O–H groups in total. The minimum Gasteiger partial charge on any atom is -0.508 e. The number of hydrogen-bond acceptors (Lipinski definition) is 8. The number of fused-ring (bicyclic) bond motifs is 8. The highest BCUT2D eigenvalue weighted by atomic mass is 16.6. The first-order chi connectivity index (χ1) is 34.3. The van der Waals surface area contributed by atoms with Gasteiger partial charge in [-0.3, -0.25) is 9.69 Å². The second-order valence-electron chi connectivity index (χ2n) is 26.9. The summed E-state index contributed by atoms with van der Waals surface area (Å²) in [5.74, 6) is 5.43. The van der Waals surface area contributed by atoms with Gasteiger partial charge in [0.15, 0.2) is 11.4 Å². The Morgan fingerprint density at radius 3 is 2.47 bits per heavy atom. The maximum absolute atomic E-state index is 16.7. The molecule has 4 saturated carbocycles. The normalized spacial score (nSPS) is 47.4. The number of carbonyl (C=O) groups is 2. The Balaban J connectivity index is 1.00. The SMILES string of the molecule is CC1CC2=C3C4C5=C6C(C=CC(C7CCCCC7)CC7C68C(=O)OC(=C(O)C6CC9CCC(C%10CCCCC%10)C6N6CC%10CC(CN3C%10CC2)C96)C8(CC5)C72OC(=O)c3c(CCCN)cccc32)CC14. The van der Waals surface area contributed by atoms with Gasteiger partial charge >= 0.3 is 11.9 Å². The van der Waals surface area contributed by atoms with Gasteiger partial charge in [-0.2, -0.15) is 0 Å². The second kappa shape index (κ2) is 15.1. The number of aliphatic hydroxyl groups excluding tert-OH is 1. The number of benzene rings is 1. The van der Waals surface area contributed by atoms with Crippen LogP contribution in [0.25, 0.3) is 0 Å². The van der Waals surface area contributed by atoms with E-state index in [1.54, 1.807) is 16.8 Å². The molecule has 70 heavy (non-hydrogen) atoms. The van der Waals surface area contributed by atoms with Crippen LogP contribution in [-0.4, -0.2) is 64.6 Å². The molecule has 16 aliphatic rings. The fourth-order valence-electron chi connectivity index (χ4n) is 22.7. The van der Waals surface area contributed by atoms with Crippen LogP contribution in [0.15, 0.2) is 64.3 Å². The van der Waals surface area contributed by atoms with E-state index in [1.807, 2.05) is 0 Å². The molecule has 17 atom stereocenters. The van der Waals surface area contributed by atoms with Gasteiger partial charge in [0.05, 0.1) is 11.0 Å². The molecule has 9 fully saturated rings. The molecule has 17 unspecified atom stereocenters. The maximum Gasteiger partial charge on any atom is 0.339 e. The van der Waals surface area contributed by atoms with Gasteiger partial charge in [0.25, 0.3) is 0 Å². The van der Waals surface area contributed by atoms with E-state index >= 15 is 9.59 Å². The zero-order valence-electron chi connectivity index (χ0n) is 42.1. The van der Waals surface area contributed by atoms with Crippen molar-refractivity contribution < 1.29 is 24.2 Å². The standard InChI is InChI=1S/C62H79N3O5/c1-33-26-39-20-22-48-41-27-42-32-64(48)54(39)51-44-23-24-60-57(56(66)46-29-40-19-21-43(35-12-6-3-7-13-35)55(46)65(31-41)53(40)42)69-59(68)61(60)49(62(60)47-16-8-14-36(15-9-25-63)50(47)58(67)70-62)30-37(34-10-4-2-5-11-34)17-18-38(52(44)61)28-45(33)51/h8,14,16-18,33-35,37-38,40-43,45-46,48-49,51,53,55,66H,2-7,9-13,15,19-32,63H2,1H3. The van der Waals surface area contributed by atoms with Gasteiger partial charge in [-0.15, -0.1) is 0 Å². The molecule has 1 aromatic carbocycles. The molecule has 8 heterocycles. The van der Waals surface area contributed by atoms with Crippen LogP contribution in [0.5, 0.6) is 0 Å². The van der Waals surface area contributed by atoms with Crippen LogP contribution in [0.1, 0.15) is 170 Å². The third-order valence-corrected chi connectivity index (χ3v) is 24.8. The quantitative estimate of drug-likeness (QED) is 0.222. The van der Waals surface area contributed by atoms with Gasteiger partial charge in [-0.25, -0.2) is 4.79 Å². The topological polar surface area (TPSA) is 105 Å². The molecule has 8 aliphatic heterocycles. The Hall–Kier alpha value is -3.36. The van der Waals surface area contributed by atoms with Crippen molar-refractivity contribution in [2.45, 2.75) is 178 Å². The van der Waals surface area contributed by atoms with Gasteiger partial charge in [-0.1, -0.05) is 99.8 Å². The van der Waals surface area contributed by atoms with Crippen molar-refractivity contribution in [3.05, 3.63) is 81.0 Å². The second-order valence-corrected chi connectivity index (χ2v) is 26.9. The van der Waals surface area contributed by atoms with Gasteiger partial charge in [0, 0.05) is 60.2 Å². The number of aliphatic hydroxyl groups is 1. The van der Waals surface area contributed by atoms with E-state index in [-0.39, 0.29) is 41.7 Å². The molecule has 0 amide bonds. The molecule has 8 aliphatic carbocycles. The Bertz CT molecular complexity index is 2580. The molecular weight excluding hydrogens is 867 g/mol. The number of aryl methyl sites for hydroxylation is 1. The summed E-state index contributed by atoms with van der Waals surface area (Å²) in [4.78, 5) is 38.2. The van der Waals surface area contributed by atoms with E-state index in [0.717, 1.165) is 49.8 Å². The molecule has 8 heteroatoms. The number of piperidine rings is 3. The summed E-state index contributed by atoms with van der Waals surface area (Å²) < 4.78 is 14.9. The highest BCUT2D eigenvalue weighted by molar-refractivity contribution is 6.00.